The van der Waals surface area contributed by atoms with Gasteiger partial charge in [0.25, 0.3) is 0 Å². The molecule has 0 bridgehead atoms. The summed E-state index contributed by atoms with van der Waals surface area (Å²) in [4.78, 5) is 10.9. The molecule has 0 radical (unpaired) electrons. The van der Waals surface area contributed by atoms with E-state index in [9.17, 15) is 4.79 Å². The molecule has 0 aliphatic heterocycles. The molecule has 2 unspecified atom stereocenters. The standard InChI is InChI=1S/C10H14O2/c1-9-5-3-4-6-10(9,2)7(9)8(11)12/h3-4,7H,5-6H2,1-2H3,(H,11,12). The van der Waals surface area contributed by atoms with Gasteiger partial charge in [0.15, 0.2) is 0 Å². The fourth-order valence-electron chi connectivity index (χ4n) is 2.86. The van der Waals surface area contributed by atoms with Gasteiger partial charge in [-0.05, 0) is 23.7 Å². The minimum atomic E-state index is -0.622. The first-order valence-corrected chi connectivity index (χ1v) is 4.40. The fraction of sp³-hybridized carbons (Fsp3) is 0.700. The number of hydrogen-bond acceptors (Lipinski definition) is 1. The first kappa shape index (κ1) is 7.84. The first-order chi connectivity index (χ1) is 5.52. The van der Waals surface area contributed by atoms with E-state index in [0.29, 0.717) is 0 Å². The summed E-state index contributed by atoms with van der Waals surface area (Å²) in [7, 11) is 0. The van der Waals surface area contributed by atoms with E-state index < -0.39 is 5.97 Å². The second-order valence-electron chi connectivity index (χ2n) is 4.49. The van der Waals surface area contributed by atoms with Gasteiger partial charge in [-0.2, -0.15) is 0 Å². The molecule has 0 heterocycles. The van der Waals surface area contributed by atoms with Crippen molar-refractivity contribution in [2.45, 2.75) is 26.7 Å². The van der Waals surface area contributed by atoms with Crippen LogP contribution in [-0.4, -0.2) is 11.1 Å². The molecule has 12 heavy (non-hydrogen) atoms. The van der Waals surface area contributed by atoms with Gasteiger partial charge in [-0.15, -0.1) is 0 Å². The monoisotopic (exact) mass is 166 g/mol. The second-order valence-corrected chi connectivity index (χ2v) is 4.49. The number of hydrogen-bond donors (Lipinski definition) is 1. The maximum absolute atomic E-state index is 10.9. The smallest absolute Gasteiger partial charge is 0.307 e. The van der Waals surface area contributed by atoms with Crippen molar-refractivity contribution in [3.05, 3.63) is 12.2 Å². The van der Waals surface area contributed by atoms with E-state index >= 15 is 0 Å². The molecule has 0 aromatic heterocycles. The lowest BCUT2D eigenvalue weighted by Crippen LogP contribution is -2.08. The highest BCUT2D eigenvalue weighted by atomic mass is 16.4. The summed E-state index contributed by atoms with van der Waals surface area (Å²) in [5.41, 5.74) is 0.0706. The van der Waals surface area contributed by atoms with Crippen LogP contribution < -0.4 is 0 Å². The lowest BCUT2D eigenvalue weighted by molar-refractivity contribution is -0.139. The molecule has 0 spiro atoms. The van der Waals surface area contributed by atoms with Crippen LogP contribution in [0.5, 0.6) is 0 Å². The highest BCUT2D eigenvalue weighted by molar-refractivity contribution is 5.77. The maximum Gasteiger partial charge on any atom is 0.307 e. The average Bonchev–Trinajstić information content (AvgIpc) is 2.47. The molecule has 2 nitrogen and oxygen atoms in total. The van der Waals surface area contributed by atoms with Crippen molar-refractivity contribution in [3.8, 4) is 0 Å². The number of aliphatic carboxylic acids is 1. The van der Waals surface area contributed by atoms with Crippen molar-refractivity contribution >= 4 is 5.97 Å². The average molecular weight is 166 g/mol. The molecule has 0 aromatic rings. The Bertz CT molecular complexity index is 249. The summed E-state index contributed by atoms with van der Waals surface area (Å²) in [6, 6.07) is 0. The Balaban J connectivity index is 2.31. The van der Waals surface area contributed by atoms with Crippen molar-refractivity contribution < 1.29 is 9.90 Å². The second kappa shape index (κ2) is 1.93. The van der Waals surface area contributed by atoms with Gasteiger partial charge in [-0.3, -0.25) is 4.79 Å². The van der Waals surface area contributed by atoms with Crippen molar-refractivity contribution in [1.82, 2.24) is 0 Å². The molecule has 2 atom stereocenters. The molecular formula is C10H14O2. The molecular weight excluding hydrogens is 152 g/mol. The molecule has 0 amide bonds. The molecule has 66 valence electrons. The van der Waals surface area contributed by atoms with Gasteiger partial charge in [0.1, 0.15) is 0 Å². The van der Waals surface area contributed by atoms with Crippen LogP contribution in [0, 0.1) is 16.7 Å². The molecule has 2 aliphatic carbocycles. The predicted molar refractivity (Wildman–Crippen MR) is 45.7 cm³/mol. The van der Waals surface area contributed by atoms with Crippen LogP contribution in [0.25, 0.3) is 0 Å². The minimum Gasteiger partial charge on any atom is -0.481 e. The Labute approximate surface area is 72.3 Å². The summed E-state index contributed by atoms with van der Waals surface area (Å²) in [6.07, 6.45) is 6.09. The molecule has 2 aliphatic rings. The normalized spacial score (nSPS) is 50.0. The number of rotatable bonds is 1. The van der Waals surface area contributed by atoms with Crippen LogP contribution in [0.1, 0.15) is 26.7 Å². The van der Waals surface area contributed by atoms with E-state index in [1.54, 1.807) is 0 Å². The van der Waals surface area contributed by atoms with Crippen molar-refractivity contribution in [2.75, 3.05) is 0 Å². The summed E-state index contributed by atoms with van der Waals surface area (Å²) < 4.78 is 0. The van der Waals surface area contributed by atoms with E-state index in [2.05, 4.69) is 26.0 Å². The third-order valence-electron chi connectivity index (χ3n) is 3.99. The summed E-state index contributed by atoms with van der Waals surface area (Å²) in [6.45, 7) is 4.19. The third-order valence-corrected chi connectivity index (χ3v) is 3.99. The van der Waals surface area contributed by atoms with E-state index in [1.165, 1.54) is 0 Å². The first-order valence-electron chi connectivity index (χ1n) is 4.40. The molecule has 2 heteroatoms. The number of fused-ring (bicyclic) bond motifs is 1. The van der Waals surface area contributed by atoms with E-state index in [4.69, 9.17) is 5.11 Å². The minimum absolute atomic E-state index is 0.0353. The van der Waals surface area contributed by atoms with Crippen LogP contribution in [-0.2, 0) is 4.79 Å². The van der Waals surface area contributed by atoms with Gasteiger partial charge < -0.3 is 5.11 Å². The van der Waals surface area contributed by atoms with Gasteiger partial charge >= 0.3 is 5.97 Å². The lowest BCUT2D eigenvalue weighted by Gasteiger charge is -2.18. The zero-order valence-corrected chi connectivity index (χ0v) is 7.50. The van der Waals surface area contributed by atoms with Crippen molar-refractivity contribution in [2.24, 2.45) is 16.7 Å². The fourth-order valence-corrected chi connectivity index (χ4v) is 2.86. The molecule has 0 saturated heterocycles. The molecule has 1 saturated carbocycles. The molecule has 0 aromatic carbocycles. The molecule has 1 N–H and O–H groups in total. The Kier molecular flexibility index (Phi) is 1.26. The van der Waals surface area contributed by atoms with Gasteiger partial charge in [0, 0.05) is 0 Å². The van der Waals surface area contributed by atoms with Crippen LogP contribution in [0.15, 0.2) is 12.2 Å². The largest absolute Gasteiger partial charge is 0.481 e. The molecule has 1 fully saturated rings. The number of carboxylic acid groups (broad SMARTS) is 1. The summed E-state index contributed by atoms with van der Waals surface area (Å²) in [5.74, 6) is -0.747. The highest BCUT2D eigenvalue weighted by Crippen LogP contribution is 2.74. The summed E-state index contributed by atoms with van der Waals surface area (Å²) in [5, 5.41) is 8.99. The van der Waals surface area contributed by atoms with Gasteiger partial charge in [-0.25, -0.2) is 0 Å². The Morgan fingerprint density at radius 2 is 1.75 bits per heavy atom. The van der Waals surface area contributed by atoms with E-state index in [1.807, 2.05) is 0 Å². The van der Waals surface area contributed by atoms with Crippen LogP contribution in [0.4, 0.5) is 0 Å². The Morgan fingerprint density at radius 1 is 1.33 bits per heavy atom. The van der Waals surface area contributed by atoms with Crippen LogP contribution in [0.3, 0.4) is 0 Å². The maximum atomic E-state index is 10.9. The Morgan fingerprint density at radius 3 is 2.08 bits per heavy atom. The number of carbonyl (C=O) groups is 1. The SMILES string of the molecule is CC12CC=CCC1(C)C2C(=O)O. The van der Waals surface area contributed by atoms with E-state index in [0.717, 1.165) is 12.8 Å². The number of allylic oxidation sites excluding steroid dienone is 2. The van der Waals surface area contributed by atoms with E-state index in [-0.39, 0.29) is 16.7 Å². The highest BCUT2D eigenvalue weighted by Gasteiger charge is 2.73. The van der Waals surface area contributed by atoms with Gasteiger partial charge in [0.2, 0.25) is 0 Å². The van der Waals surface area contributed by atoms with Crippen LogP contribution in [0.2, 0.25) is 0 Å². The van der Waals surface area contributed by atoms with Gasteiger partial charge in [-0.1, -0.05) is 26.0 Å². The van der Waals surface area contributed by atoms with Crippen LogP contribution >= 0.6 is 0 Å². The lowest BCUT2D eigenvalue weighted by atomic mass is 9.86. The topological polar surface area (TPSA) is 37.3 Å². The van der Waals surface area contributed by atoms with Gasteiger partial charge in [0.05, 0.1) is 5.92 Å². The van der Waals surface area contributed by atoms with Crippen molar-refractivity contribution in [1.29, 1.82) is 0 Å². The Hall–Kier alpha value is -0.790. The third kappa shape index (κ3) is 0.637. The number of carboxylic acids is 1. The predicted octanol–water partition coefficient (Wildman–Crippen LogP) is 2.06. The zero-order chi connectivity index (χ0) is 8.98. The zero-order valence-electron chi connectivity index (χ0n) is 7.50. The summed E-state index contributed by atoms with van der Waals surface area (Å²) >= 11 is 0. The van der Waals surface area contributed by atoms with Crippen molar-refractivity contribution in [3.63, 3.8) is 0 Å². The quantitative estimate of drug-likeness (QED) is 0.605. The molecule has 2 rings (SSSR count).